The summed E-state index contributed by atoms with van der Waals surface area (Å²) in [5.41, 5.74) is 3.71. The highest BCUT2D eigenvalue weighted by Gasteiger charge is 2.10. The molecule has 0 aliphatic heterocycles. The van der Waals surface area contributed by atoms with E-state index in [2.05, 4.69) is 28.0 Å². The SMILES string of the molecule is COC(=O)c1ccc(NCc2cscc2C)nc1C. The third kappa shape index (κ3) is 3.12. The van der Waals surface area contributed by atoms with E-state index in [4.69, 9.17) is 4.74 Å². The van der Waals surface area contributed by atoms with Crippen LogP contribution in [0.25, 0.3) is 0 Å². The van der Waals surface area contributed by atoms with Gasteiger partial charge in [0.25, 0.3) is 0 Å². The van der Waals surface area contributed by atoms with Crippen molar-refractivity contribution in [1.29, 1.82) is 0 Å². The van der Waals surface area contributed by atoms with Crippen LogP contribution < -0.4 is 5.32 Å². The monoisotopic (exact) mass is 276 g/mol. The van der Waals surface area contributed by atoms with Gasteiger partial charge in [0.15, 0.2) is 0 Å². The molecule has 0 saturated heterocycles. The predicted molar refractivity (Wildman–Crippen MR) is 76.7 cm³/mol. The van der Waals surface area contributed by atoms with Gasteiger partial charge in [-0.1, -0.05) is 0 Å². The van der Waals surface area contributed by atoms with Crippen LogP contribution in [0.5, 0.6) is 0 Å². The third-order valence-corrected chi connectivity index (χ3v) is 3.82. The molecule has 0 spiro atoms. The molecular weight excluding hydrogens is 260 g/mol. The Kier molecular flexibility index (Phi) is 4.16. The second-order valence-electron chi connectivity index (χ2n) is 4.25. The lowest BCUT2D eigenvalue weighted by molar-refractivity contribution is 0.0599. The van der Waals surface area contributed by atoms with Crippen LogP contribution in [-0.2, 0) is 11.3 Å². The van der Waals surface area contributed by atoms with Crippen molar-refractivity contribution in [2.75, 3.05) is 12.4 Å². The van der Waals surface area contributed by atoms with E-state index in [0.29, 0.717) is 11.3 Å². The molecule has 2 aromatic rings. The maximum atomic E-state index is 11.5. The topological polar surface area (TPSA) is 51.2 Å². The molecule has 2 rings (SSSR count). The normalized spacial score (nSPS) is 10.3. The molecule has 0 aliphatic rings. The van der Waals surface area contributed by atoms with Gasteiger partial charge >= 0.3 is 5.97 Å². The van der Waals surface area contributed by atoms with Gasteiger partial charge in [-0.3, -0.25) is 0 Å². The number of aryl methyl sites for hydroxylation is 2. The number of ether oxygens (including phenoxy) is 1. The Balaban J connectivity index is 2.08. The van der Waals surface area contributed by atoms with E-state index in [9.17, 15) is 4.79 Å². The first-order chi connectivity index (χ1) is 9.11. The summed E-state index contributed by atoms with van der Waals surface area (Å²) in [6.07, 6.45) is 0. The summed E-state index contributed by atoms with van der Waals surface area (Å²) in [7, 11) is 1.37. The van der Waals surface area contributed by atoms with Gasteiger partial charge in [0.2, 0.25) is 0 Å². The molecule has 2 aromatic heterocycles. The third-order valence-electron chi connectivity index (χ3n) is 2.91. The van der Waals surface area contributed by atoms with E-state index in [1.165, 1.54) is 18.2 Å². The van der Waals surface area contributed by atoms with Crippen molar-refractivity contribution in [3.05, 3.63) is 45.3 Å². The Hall–Kier alpha value is -1.88. The van der Waals surface area contributed by atoms with Crippen LogP contribution in [0, 0.1) is 13.8 Å². The van der Waals surface area contributed by atoms with E-state index in [0.717, 1.165) is 12.4 Å². The van der Waals surface area contributed by atoms with E-state index < -0.39 is 0 Å². The molecule has 0 fully saturated rings. The summed E-state index contributed by atoms with van der Waals surface area (Å²) in [5, 5.41) is 7.50. The number of aromatic nitrogens is 1. The number of carbonyl (C=O) groups excluding carboxylic acids is 1. The minimum absolute atomic E-state index is 0.356. The molecule has 4 nitrogen and oxygen atoms in total. The number of nitrogens with zero attached hydrogens (tertiary/aromatic N) is 1. The molecule has 0 bridgehead atoms. The Morgan fingerprint density at radius 2 is 2.16 bits per heavy atom. The molecule has 0 unspecified atom stereocenters. The van der Waals surface area contributed by atoms with Gasteiger partial charge in [-0.25, -0.2) is 9.78 Å². The lowest BCUT2D eigenvalue weighted by Crippen LogP contribution is -2.08. The Morgan fingerprint density at radius 1 is 1.37 bits per heavy atom. The summed E-state index contributed by atoms with van der Waals surface area (Å²) in [6.45, 7) is 4.62. The number of rotatable bonds is 4. The number of methoxy groups -OCH3 is 1. The molecule has 0 aromatic carbocycles. The van der Waals surface area contributed by atoms with Crippen molar-refractivity contribution in [1.82, 2.24) is 4.98 Å². The highest BCUT2D eigenvalue weighted by Crippen LogP contribution is 2.16. The molecular formula is C14H16N2O2S. The maximum absolute atomic E-state index is 11.5. The summed E-state index contributed by atoms with van der Waals surface area (Å²) in [4.78, 5) is 15.8. The summed E-state index contributed by atoms with van der Waals surface area (Å²) in [6, 6.07) is 3.53. The van der Waals surface area contributed by atoms with E-state index in [-0.39, 0.29) is 5.97 Å². The van der Waals surface area contributed by atoms with Crippen LogP contribution in [0.1, 0.15) is 27.2 Å². The molecule has 1 N–H and O–H groups in total. The van der Waals surface area contributed by atoms with Crippen LogP contribution in [0.3, 0.4) is 0 Å². The predicted octanol–water partition coefficient (Wildman–Crippen LogP) is 3.16. The van der Waals surface area contributed by atoms with E-state index >= 15 is 0 Å². The number of hydrogen-bond donors (Lipinski definition) is 1. The Labute approximate surface area is 116 Å². The Bertz CT molecular complexity index is 593. The first-order valence-electron chi connectivity index (χ1n) is 5.93. The van der Waals surface area contributed by atoms with Gasteiger partial charge in [0, 0.05) is 6.54 Å². The van der Waals surface area contributed by atoms with Gasteiger partial charge in [0.1, 0.15) is 5.82 Å². The fourth-order valence-electron chi connectivity index (χ4n) is 1.74. The minimum Gasteiger partial charge on any atom is -0.465 e. The van der Waals surface area contributed by atoms with Crippen molar-refractivity contribution in [3.63, 3.8) is 0 Å². The lowest BCUT2D eigenvalue weighted by Gasteiger charge is -2.08. The fourth-order valence-corrected chi connectivity index (χ4v) is 2.60. The van der Waals surface area contributed by atoms with Crippen molar-refractivity contribution in [3.8, 4) is 0 Å². The molecule has 5 heteroatoms. The minimum atomic E-state index is -0.356. The zero-order valence-corrected chi connectivity index (χ0v) is 12.0. The van der Waals surface area contributed by atoms with Crippen LogP contribution in [0.2, 0.25) is 0 Å². The second kappa shape index (κ2) is 5.84. The molecule has 0 saturated carbocycles. The molecule has 2 heterocycles. The second-order valence-corrected chi connectivity index (χ2v) is 5.00. The molecule has 19 heavy (non-hydrogen) atoms. The number of pyridine rings is 1. The van der Waals surface area contributed by atoms with Crippen LogP contribution in [0.15, 0.2) is 22.9 Å². The standard InChI is InChI=1S/C14H16N2O2S/c1-9-7-19-8-11(9)6-15-13-5-4-12(10(2)16-13)14(17)18-3/h4-5,7-8H,6H2,1-3H3,(H,15,16). The van der Waals surface area contributed by atoms with E-state index in [1.54, 1.807) is 30.4 Å². The molecule has 100 valence electrons. The summed E-state index contributed by atoms with van der Waals surface area (Å²) >= 11 is 1.69. The number of hydrogen-bond acceptors (Lipinski definition) is 5. The number of anilines is 1. The van der Waals surface area contributed by atoms with Gasteiger partial charge in [-0.2, -0.15) is 11.3 Å². The fraction of sp³-hybridized carbons (Fsp3) is 0.286. The smallest absolute Gasteiger partial charge is 0.339 e. The highest BCUT2D eigenvalue weighted by molar-refractivity contribution is 7.08. The van der Waals surface area contributed by atoms with Crippen molar-refractivity contribution >= 4 is 23.1 Å². The van der Waals surface area contributed by atoms with Gasteiger partial charge in [-0.05, 0) is 47.9 Å². The van der Waals surface area contributed by atoms with Crippen LogP contribution in [-0.4, -0.2) is 18.1 Å². The zero-order chi connectivity index (χ0) is 13.8. The first-order valence-corrected chi connectivity index (χ1v) is 6.87. The number of nitrogens with one attached hydrogen (secondary N) is 1. The average molecular weight is 276 g/mol. The van der Waals surface area contributed by atoms with E-state index in [1.807, 2.05) is 0 Å². The first kappa shape index (κ1) is 13.5. The average Bonchev–Trinajstić information content (AvgIpc) is 2.81. The molecule has 0 atom stereocenters. The largest absolute Gasteiger partial charge is 0.465 e. The lowest BCUT2D eigenvalue weighted by atomic mass is 10.2. The van der Waals surface area contributed by atoms with Crippen molar-refractivity contribution in [2.45, 2.75) is 20.4 Å². The number of carbonyl (C=O) groups is 1. The summed E-state index contributed by atoms with van der Waals surface area (Å²) < 4.78 is 4.69. The maximum Gasteiger partial charge on any atom is 0.339 e. The molecule has 0 radical (unpaired) electrons. The van der Waals surface area contributed by atoms with Crippen molar-refractivity contribution in [2.24, 2.45) is 0 Å². The zero-order valence-electron chi connectivity index (χ0n) is 11.2. The van der Waals surface area contributed by atoms with Crippen molar-refractivity contribution < 1.29 is 9.53 Å². The summed E-state index contributed by atoms with van der Waals surface area (Å²) in [5.74, 6) is 0.404. The van der Waals surface area contributed by atoms with Gasteiger partial charge in [0.05, 0.1) is 18.4 Å². The molecule has 0 amide bonds. The number of thiophene rings is 1. The van der Waals surface area contributed by atoms with Gasteiger partial charge in [-0.15, -0.1) is 0 Å². The number of esters is 1. The quantitative estimate of drug-likeness (QED) is 0.872. The van der Waals surface area contributed by atoms with Gasteiger partial charge < -0.3 is 10.1 Å². The Morgan fingerprint density at radius 3 is 2.74 bits per heavy atom. The molecule has 0 aliphatic carbocycles. The van der Waals surface area contributed by atoms with Crippen LogP contribution in [0.4, 0.5) is 5.82 Å². The highest BCUT2D eigenvalue weighted by atomic mass is 32.1. The van der Waals surface area contributed by atoms with Crippen LogP contribution >= 0.6 is 11.3 Å².